The van der Waals surface area contributed by atoms with Gasteiger partial charge in [-0.3, -0.25) is 9.80 Å². The van der Waals surface area contributed by atoms with E-state index in [9.17, 15) is 5.11 Å². The molecule has 0 aromatic heterocycles. The first-order chi connectivity index (χ1) is 11.9. The van der Waals surface area contributed by atoms with Gasteiger partial charge in [0.1, 0.15) is 5.75 Å². The van der Waals surface area contributed by atoms with Crippen molar-refractivity contribution in [2.45, 2.75) is 39.3 Å². The molecule has 5 heteroatoms. The lowest BCUT2D eigenvalue weighted by molar-refractivity contribution is 0.280. The fourth-order valence-electron chi connectivity index (χ4n) is 3.43. The number of thioether (sulfide) groups is 2. The molecule has 140 valence electrons. The van der Waals surface area contributed by atoms with Crippen LogP contribution in [-0.4, -0.2) is 64.1 Å². The Bertz CT molecular complexity index is 533. The standard InChI is InChI=1S/C20H32N2OS2/c1-20(2,3)18-12-16(14-21-4-8-24-9-5-21)19(23)17(13-18)15-22-6-10-25-11-7-22/h12-13,23H,4-11,14-15H2,1-3H3. The van der Waals surface area contributed by atoms with Gasteiger partial charge in [-0.05, 0) is 11.0 Å². The van der Waals surface area contributed by atoms with Crippen LogP contribution in [-0.2, 0) is 18.5 Å². The van der Waals surface area contributed by atoms with Crippen LogP contribution in [0.4, 0.5) is 0 Å². The van der Waals surface area contributed by atoms with Gasteiger partial charge < -0.3 is 5.11 Å². The van der Waals surface area contributed by atoms with Gasteiger partial charge in [-0.25, -0.2) is 0 Å². The van der Waals surface area contributed by atoms with Crippen molar-refractivity contribution in [3.63, 3.8) is 0 Å². The number of hydrogen-bond donors (Lipinski definition) is 1. The van der Waals surface area contributed by atoms with Gasteiger partial charge in [0, 0.05) is 73.4 Å². The summed E-state index contributed by atoms with van der Waals surface area (Å²) in [5.41, 5.74) is 3.67. The number of benzene rings is 1. The van der Waals surface area contributed by atoms with Gasteiger partial charge in [-0.1, -0.05) is 32.9 Å². The molecule has 0 saturated carbocycles. The highest BCUT2D eigenvalue weighted by Crippen LogP contribution is 2.33. The summed E-state index contributed by atoms with van der Waals surface area (Å²) in [4.78, 5) is 4.97. The Morgan fingerprint density at radius 2 is 1.24 bits per heavy atom. The number of aromatic hydroxyl groups is 1. The molecule has 2 fully saturated rings. The largest absolute Gasteiger partial charge is 0.507 e. The van der Waals surface area contributed by atoms with E-state index < -0.39 is 0 Å². The zero-order valence-corrected chi connectivity index (χ0v) is 17.5. The normalized spacial score (nSPS) is 20.8. The molecule has 0 aliphatic carbocycles. The third-order valence-corrected chi connectivity index (χ3v) is 7.01. The van der Waals surface area contributed by atoms with Gasteiger partial charge in [-0.15, -0.1) is 0 Å². The second-order valence-corrected chi connectivity index (χ2v) is 10.6. The van der Waals surface area contributed by atoms with E-state index in [0.29, 0.717) is 5.75 Å². The molecular formula is C20H32N2OS2. The average Bonchev–Trinajstić information content (AvgIpc) is 2.59. The predicted octanol–water partition coefficient (Wildman–Crippen LogP) is 3.79. The van der Waals surface area contributed by atoms with Crippen LogP contribution in [0.15, 0.2) is 12.1 Å². The monoisotopic (exact) mass is 380 g/mol. The van der Waals surface area contributed by atoms with Gasteiger partial charge in [-0.2, -0.15) is 23.5 Å². The highest BCUT2D eigenvalue weighted by Gasteiger charge is 2.22. The summed E-state index contributed by atoms with van der Waals surface area (Å²) in [5, 5.41) is 11.0. The van der Waals surface area contributed by atoms with Crippen molar-refractivity contribution in [2.75, 3.05) is 49.2 Å². The third kappa shape index (κ3) is 5.31. The Balaban J connectivity index is 1.85. The summed E-state index contributed by atoms with van der Waals surface area (Å²) in [5.74, 6) is 5.36. The molecule has 0 spiro atoms. The Hall–Kier alpha value is -0.360. The van der Waals surface area contributed by atoms with Crippen LogP contribution < -0.4 is 0 Å². The van der Waals surface area contributed by atoms with Crippen molar-refractivity contribution >= 4 is 23.5 Å². The number of phenols is 1. The first-order valence-corrected chi connectivity index (χ1v) is 11.7. The molecule has 0 bridgehead atoms. The molecule has 2 saturated heterocycles. The molecule has 2 aliphatic rings. The smallest absolute Gasteiger partial charge is 0.124 e. The van der Waals surface area contributed by atoms with Crippen molar-refractivity contribution in [3.05, 3.63) is 28.8 Å². The Kier molecular flexibility index (Phi) is 6.64. The van der Waals surface area contributed by atoms with Crippen LogP contribution in [0.25, 0.3) is 0 Å². The molecule has 0 unspecified atom stereocenters. The maximum absolute atomic E-state index is 11.0. The lowest BCUT2D eigenvalue weighted by atomic mass is 9.84. The molecule has 1 aromatic rings. The van der Waals surface area contributed by atoms with E-state index in [1.54, 1.807) is 0 Å². The minimum absolute atomic E-state index is 0.104. The summed E-state index contributed by atoms with van der Waals surface area (Å²) >= 11 is 4.07. The first-order valence-electron chi connectivity index (χ1n) is 9.39. The number of rotatable bonds is 4. The highest BCUT2D eigenvalue weighted by molar-refractivity contribution is 7.99. The van der Waals surface area contributed by atoms with Crippen molar-refractivity contribution in [2.24, 2.45) is 0 Å². The molecule has 0 amide bonds. The molecule has 0 atom stereocenters. The van der Waals surface area contributed by atoms with Gasteiger partial charge >= 0.3 is 0 Å². The summed E-state index contributed by atoms with van der Waals surface area (Å²) in [6.07, 6.45) is 0. The van der Waals surface area contributed by atoms with E-state index in [1.807, 2.05) is 23.5 Å². The summed E-state index contributed by atoms with van der Waals surface area (Å²) in [6.45, 7) is 13.1. The predicted molar refractivity (Wildman–Crippen MR) is 112 cm³/mol. The van der Waals surface area contributed by atoms with Crippen LogP contribution in [0.2, 0.25) is 0 Å². The molecule has 1 N–H and O–H groups in total. The van der Waals surface area contributed by atoms with Crippen LogP contribution in [0.1, 0.15) is 37.5 Å². The van der Waals surface area contributed by atoms with Gasteiger partial charge in [0.2, 0.25) is 0 Å². The number of hydrogen-bond acceptors (Lipinski definition) is 5. The summed E-state index contributed by atoms with van der Waals surface area (Å²) < 4.78 is 0. The third-order valence-electron chi connectivity index (χ3n) is 5.13. The van der Waals surface area contributed by atoms with Crippen molar-refractivity contribution in [1.82, 2.24) is 9.80 Å². The van der Waals surface area contributed by atoms with Crippen LogP contribution in [0.5, 0.6) is 5.75 Å². The minimum atomic E-state index is 0.104. The number of phenolic OH excluding ortho intramolecular Hbond substituents is 1. The summed E-state index contributed by atoms with van der Waals surface area (Å²) in [7, 11) is 0. The number of nitrogens with zero attached hydrogens (tertiary/aromatic N) is 2. The van der Waals surface area contributed by atoms with E-state index in [1.165, 1.54) is 28.6 Å². The SMILES string of the molecule is CC(C)(C)c1cc(CN2CCSCC2)c(O)c(CN2CCSCC2)c1. The fraction of sp³-hybridized carbons (Fsp3) is 0.700. The van der Waals surface area contributed by atoms with Crippen LogP contribution in [0, 0.1) is 0 Å². The van der Waals surface area contributed by atoms with E-state index in [-0.39, 0.29) is 5.41 Å². The van der Waals surface area contributed by atoms with E-state index in [0.717, 1.165) is 50.4 Å². The molecular weight excluding hydrogens is 348 g/mol. The van der Waals surface area contributed by atoms with Crippen molar-refractivity contribution in [1.29, 1.82) is 0 Å². The van der Waals surface area contributed by atoms with Gasteiger partial charge in [0.05, 0.1) is 0 Å². The second kappa shape index (κ2) is 8.55. The minimum Gasteiger partial charge on any atom is -0.507 e. The second-order valence-electron chi connectivity index (χ2n) is 8.17. The Morgan fingerprint density at radius 1 is 0.840 bits per heavy atom. The average molecular weight is 381 g/mol. The zero-order chi connectivity index (χ0) is 17.9. The Morgan fingerprint density at radius 3 is 1.60 bits per heavy atom. The quantitative estimate of drug-likeness (QED) is 0.858. The fourth-order valence-corrected chi connectivity index (χ4v) is 5.39. The molecule has 3 rings (SSSR count). The molecule has 1 aromatic carbocycles. The molecule has 25 heavy (non-hydrogen) atoms. The van der Waals surface area contributed by atoms with Crippen LogP contribution >= 0.6 is 23.5 Å². The van der Waals surface area contributed by atoms with E-state index in [4.69, 9.17) is 0 Å². The van der Waals surface area contributed by atoms with Gasteiger partial charge in [0.25, 0.3) is 0 Å². The maximum atomic E-state index is 11.0. The first kappa shape index (κ1) is 19.4. The molecule has 2 heterocycles. The lowest BCUT2D eigenvalue weighted by Crippen LogP contribution is -2.33. The maximum Gasteiger partial charge on any atom is 0.124 e. The van der Waals surface area contributed by atoms with Crippen molar-refractivity contribution < 1.29 is 5.11 Å². The summed E-state index contributed by atoms with van der Waals surface area (Å²) in [6, 6.07) is 4.49. The van der Waals surface area contributed by atoms with Gasteiger partial charge in [0.15, 0.2) is 0 Å². The molecule has 0 radical (unpaired) electrons. The molecule has 3 nitrogen and oxygen atoms in total. The molecule has 2 aliphatic heterocycles. The van der Waals surface area contributed by atoms with Crippen molar-refractivity contribution in [3.8, 4) is 5.75 Å². The zero-order valence-electron chi connectivity index (χ0n) is 15.9. The van der Waals surface area contributed by atoms with E-state index >= 15 is 0 Å². The Labute approximate surface area is 161 Å². The highest BCUT2D eigenvalue weighted by atomic mass is 32.2. The van der Waals surface area contributed by atoms with Crippen LogP contribution in [0.3, 0.4) is 0 Å². The van der Waals surface area contributed by atoms with E-state index in [2.05, 4.69) is 42.7 Å². The lowest BCUT2D eigenvalue weighted by Gasteiger charge is -2.30. The topological polar surface area (TPSA) is 26.7 Å².